The van der Waals surface area contributed by atoms with Gasteiger partial charge >= 0.3 is 0 Å². The van der Waals surface area contributed by atoms with E-state index < -0.39 is 0 Å². The maximum atomic E-state index is 12.4. The summed E-state index contributed by atoms with van der Waals surface area (Å²) in [5.41, 5.74) is 1.53. The van der Waals surface area contributed by atoms with Crippen LogP contribution < -0.4 is 19.5 Å². The third-order valence-electron chi connectivity index (χ3n) is 3.92. The number of carbonyl (C=O) groups excluding carboxylic acids is 1. The van der Waals surface area contributed by atoms with Gasteiger partial charge in [0, 0.05) is 0 Å². The van der Waals surface area contributed by atoms with Gasteiger partial charge in [-0.3, -0.25) is 4.79 Å². The monoisotopic (exact) mass is 488 g/mol. The van der Waals surface area contributed by atoms with Gasteiger partial charge in [0.1, 0.15) is 12.4 Å². The van der Waals surface area contributed by atoms with Crippen LogP contribution in [0, 0.1) is 0 Å². The fraction of sp³-hybridized carbons (Fsp3) is 0.182. The van der Waals surface area contributed by atoms with Gasteiger partial charge in [-0.1, -0.05) is 12.7 Å². The predicted octanol–water partition coefficient (Wildman–Crippen LogP) is 5.31. The molecule has 0 aromatic heterocycles. The zero-order valence-electron chi connectivity index (χ0n) is 16.6. The lowest BCUT2D eigenvalue weighted by atomic mass is 10.2. The lowest BCUT2D eigenvalue weighted by Crippen LogP contribution is -2.19. The molecular formula is C22H21BrN2O4S. The van der Waals surface area contributed by atoms with E-state index in [-0.39, 0.29) is 5.91 Å². The summed E-state index contributed by atoms with van der Waals surface area (Å²) in [5.74, 6) is 1.72. The Morgan fingerprint density at radius 2 is 2.00 bits per heavy atom. The Morgan fingerprint density at radius 1 is 1.23 bits per heavy atom. The highest BCUT2D eigenvalue weighted by atomic mass is 79.9. The molecule has 1 heterocycles. The number of benzene rings is 2. The number of ether oxygens (including phenoxy) is 3. The Morgan fingerprint density at radius 3 is 2.67 bits per heavy atom. The van der Waals surface area contributed by atoms with Crippen molar-refractivity contribution in [3.05, 3.63) is 64.0 Å². The molecule has 0 atom stereocenters. The Balaban J connectivity index is 1.80. The third kappa shape index (κ3) is 5.46. The summed E-state index contributed by atoms with van der Waals surface area (Å²) in [6.45, 7) is 6.55. The molecule has 0 bridgehead atoms. The molecule has 0 aliphatic carbocycles. The minimum Gasteiger partial charge on any atom is -0.494 e. The average molecular weight is 489 g/mol. The van der Waals surface area contributed by atoms with Crippen molar-refractivity contribution in [2.24, 2.45) is 4.99 Å². The van der Waals surface area contributed by atoms with E-state index in [1.54, 1.807) is 19.3 Å². The van der Waals surface area contributed by atoms with Crippen LogP contribution in [-0.4, -0.2) is 31.4 Å². The standard InChI is InChI=1S/C22H21BrN2O4S/c1-4-10-29-20-17(23)11-14(12-18(20)27-3)13-19-21(26)25-22(30-19)24-15-6-8-16(9-7-15)28-5-2/h4,6-9,11-13H,1,5,10H2,2-3H3,(H,24,25,26)/b19-13+. The maximum absolute atomic E-state index is 12.4. The van der Waals surface area contributed by atoms with E-state index in [0.717, 1.165) is 21.5 Å². The van der Waals surface area contributed by atoms with Gasteiger partial charge in [0.05, 0.1) is 28.8 Å². The first-order valence-electron chi connectivity index (χ1n) is 9.17. The number of thioether (sulfide) groups is 1. The second kappa shape index (κ2) is 10.4. The molecule has 1 aliphatic rings. The molecule has 2 aromatic rings. The van der Waals surface area contributed by atoms with Gasteiger partial charge in [0.15, 0.2) is 16.7 Å². The quantitative estimate of drug-likeness (QED) is 0.402. The second-order valence-corrected chi connectivity index (χ2v) is 7.93. The van der Waals surface area contributed by atoms with Crippen molar-refractivity contribution in [3.63, 3.8) is 0 Å². The van der Waals surface area contributed by atoms with Gasteiger partial charge in [-0.2, -0.15) is 0 Å². The highest BCUT2D eigenvalue weighted by molar-refractivity contribution is 9.10. The van der Waals surface area contributed by atoms with E-state index in [1.807, 2.05) is 43.3 Å². The van der Waals surface area contributed by atoms with E-state index in [2.05, 4.69) is 32.8 Å². The summed E-state index contributed by atoms with van der Waals surface area (Å²) in [4.78, 5) is 17.4. The van der Waals surface area contributed by atoms with Gasteiger partial charge in [-0.05, 0) is 82.7 Å². The maximum Gasteiger partial charge on any atom is 0.264 e. The minimum absolute atomic E-state index is 0.202. The fourth-order valence-electron chi connectivity index (χ4n) is 2.64. The van der Waals surface area contributed by atoms with Crippen molar-refractivity contribution in [2.45, 2.75) is 6.92 Å². The number of amidine groups is 1. The van der Waals surface area contributed by atoms with Crippen LogP contribution in [-0.2, 0) is 4.79 Å². The van der Waals surface area contributed by atoms with E-state index in [0.29, 0.717) is 34.8 Å². The van der Waals surface area contributed by atoms with Crippen molar-refractivity contribution in [1.29, 1.82) is 0 Å². The van der Waals surface area contributed by atoms with Gasteiger partial charge in [0.25, 0.3) is 5.91 Å². The number of carbonyl (C=O) groups is 1. The molecule has 156 valence electrons. The smallest absolute Gasteiger partial charge is 0.264 e. The van der Waals surface area contributed by atoms with Crippen LogP contribution in [0.1, 0.15) is 12.5 Å². The number of aliphatic imine (C=N–C) groups is 1. The second-order valence-electron chi connectivity index (χ2n) is 6.04. The van der Waals surface area contributed by atoms with Crippen LogP contribution in [0.2, 0.25) is 0 Å². The Hall–Kier alpha value is -2.71. The number of methoxy groups -OCH3 is 1. The van der Waals surface area contributed by atoms with E-state index in [1.165, 1.54) is 11.8 Å². The molecule has 3 rings (SSSR count). The number of nitrogens with zero attached hydrogens (tertiary/aromatic N) is 1. The van der Waals surface area contributed by atoms with Crippen molar-refractivity contribution in [3.8, 4) is 17.2 Å². The molecule has 8 heteroatoms. The topological polar surface area (TPSA) is 69.2 Å². The van der Waals surface area contributed by atoms with Crippen LogP contribution in [0.5, 0.6) is 17.2 Å². The molecule has 0 unspecified atom stereocenters. The number of halogens is 1. The Kier molecular flexibility index (Phi) is 7.59. The summed E-state index contributed by atoms with van der Waals surface area (Å²) >= 11 is 4.78. The number of amides is 1. The first-order valence-corrected chi connectivity index (χ1v) is 10.8. The van der Waals surface area contributed by atoms with Crippen LogP contribution in [0.4, 0.5) is 5.69 Å². The molecule has 1 amide bonds. The van der Waals surface area contributed by atoms with Gasteiger partial charge in [-0.25, -0.2) is 4.99 Å². The summed E-state index contributed by atoms with van der Waals surface area (Å²) in [6, 6.07) is 11.1. The number of nitrogens with one attached hydrogen (secondary N) is 1. The van der Waals surface area contributed by atoms with Crippen molar-refractivity contribution < 1.29 is 19.0 Å². The lowest BCUT2D eigenvalue weighted by Gasteiger charge is -2.12. The highest BCUT2D eigenvalue weighted by Gasteiger charge is 2.24. The summed E-state index contributed by atoms with van der Waals surface area (Å²) in [6.07, 6.45) is 3.44. The molecule has 0 saturated carbocycles. The molecule has 0 radical (unpaired) electrons. The summed E-state index contributed by atoms with van der Waals surface area (Å²) in [7, 11) is 1.57. The molecule has 1 aliphatic heterocycles. The number of rotatable bonds is 8. The minimum atomic E-state index is -0.202. The zero-order valence-corrected chi connectivity index (χ0v) is 19.0. The fourth-order valence-corrected chi connectivity index (χ4v) is 4.05. The van der Waals surface area contributed by atoms with E-state index >= 15 is 0 Å². The number of hydrogen-bond donors (Lipinski definition) is 1. The summed E-state index contributed by atoms with van der Waals surface area (Å²) in [5, 5.41) is 3.31. The largest absolute Gasteiger partial charge is 0.494 e. The zero-order chi connectivity index (χ0) is 21.5. The molecule has 1 saturated heterocycles. The molecule has 30 heavy (non-hydrogen) atoms. The van der Waals surface area contributed by atoms with Crippen LogP contribution in [0.3, 0.4) is 0 Å². The molecule has 1 N–H and O–H groups in total. The average Bonchev–Trinajstić information content (AvgIpc) is 3.07. The van der Waals surface area contributed by atoms with E-state index in [4.69, 9.17) is 14.2 Å². The third-order valence-corrected chi connectivity index (χ3v) is 5.42. The summed E-state index contributed by atoms with van der Waals surface area (Å²) < 4.78 is 17.2. The number of hydrogen-bond acceptors (Lipinski definition) is 6. The lowest BCUT2D eigenvalue weighted by molar-refractivity contribution is -0.115. The first-order chi connectivity index (χ1) is 14.5. The van der Waals surface area contributed by atoms with Crippen LogP contribution in [0.25, 0.3) is 6.08 Å². The van der Waals surface area contributed by atoms with Gasteiger partial charge < -0.3 is 19.5 Å². The van der Waals surface area contributed by atoms with Crippen molar-refractivity contribution in [2.75, 3.05) is 20.3 Å². The van der Waals surface area contributed by atoms with Crippen LogP contribution in [0.15, 0.2) is 63.4 Å². The van der Waals surface area contributed by atoms with Gasteiger partial charge in [-0.15, -0.1) is 0 Å². The molecule has 0 spiro atoms. The molecule has 1 fully saturated rings. The SMILES string of the molecule is C=CCOc1c(Br)cc(/C=C2/SC(=Nc3ccc(OCC)cc3)NC2=O)cc1OC. The predicted molar refractivity (Wildman–Crippen MR) is 125 cm³/mol. The Labute approximate surface area is 188 Å². The normalized spacial score (nSPS) is 15.9. The molecular weight excluding hydrogens is 468 g/mol. The van der Waals surface area contributed by atoms with Crippen molar-refractivity contribution >= 4 is 50.5 Å². The van der Waals surface area contributed by atoms with Gasteiger partial charge in [0.2, 0.25) is 0 Å². The first kappa shape index (κ1) is 22.0. The molecule has 2 aromatic carbocycles. The highest BCUT2D eigenvalue weighted by Crippen LogP contribution is 2.38. The van der Waals surface area contributed by atoms with Crippen molar-refractivity contribution in [1.82, 2.24) is 5.32 Å². The molecule has 6 nitrogen and oxygen atoms in total. The van der Waals surface area contributed by atoms with Crippen LogP contribution >= 0.6 is 27.7 Å². The Bertz CT molecular complexity index is 1000. The van der Waals surface area contributed by atoms with E-state index in [9.17, 15) is 4.79 Å².